The highest BCUT2D eigenvalue weighted by Gasteiger charge is 2.23. The lowest BCUT2D eigenvalue weighted by molar-refractivity contribution is 0.190. The van der Waals surface area contributed by atoms with Crippen LogP contribution >= 0.6 is 0 Å². The maximum absolute atomic E-state index is 5.93. The topological polar surface area (TPSA) is 29.3 Å². The Hall–Kier alpha value is -0.860. The number of fused-ring (bicyclic) bond motifs is 1. The normalized spacial score (nSPS) is 17.1. The summed E-state index contributed by atoms with van der Waals surface area (Å²) in [6.45, 7) is 5.22. The van der Waals surface area contributed by atoms with Crippen molar-refractivity contribution in [3.8, 4) is 0 Å². The molecule has 94 valence electrons. The van der Waals surface area contributed by atoms with Crippen LogP contribution in [-0.2, 0) is 13.1 Å². The van der Waals surface area contributed by atoms with Crippen LogP contribution in [0.4, 0.5) is 0 Å². The summed E-state index contributed by atoms with van der Waals surface area (Å²) in [5.41, 5.74) is 8.90. The first-order valence-electron chi connectivity index (χ1n) is 6.86. The van der Waals surface area contributed by atoms with Crippen LogP contribution in [0.5, 0.6) is 0 Å². The second-order valence-electron chi connectivity index (χ2n) is 5.06. The van der Waals surface area contributed by atoms with Crippen LogP contribution in [0.2, 0.25) is 0 Å². The lowest BCUT2D eigenvalue weighted by Gasteiger charge is -2.26. The summed E-state index contributed by atoms with van der Waals surface area (Å²) >= 11 is 0. The molecule has 0 fully saturated rings. The number of rotatable bonds is 6. The van der Waals surface area contributed by atoms with E-state index in [1.807, 2.05) is 0 Å². The summed E-state index contributed by atoms with van der Waals surface area (Å²) in [6.07, 6.45) is 5.18. The van der Waals surface area contributed by atoms with Gasteiger partial charge in [0.05, 0.1) is 0 Å². The molecule has 0 amide bonds. The van der Waals surface area contributed by atoms with Crippen LogP contribution in [-0.4, -0.2) is 17.5 Å². The fraction of sp³-hybridized carbons (Fsp3) is 0.600. The Balaban J connectivity index is 1.91. The van der Waals surface area contributed by atoms with Crippen molar-refractivity contribution >= 4 is 0 Å². The van der Waals surface area contributed by atoms with E-state index in [0.29, 0.717) is 6.04 Å². The van der Waals surface area contributed by atoms with Gasteiger partial charge < -0.3 is 5.73 Å². The Morgan fingerprint density at radius 2 is 1.82 bits per heavy atom. The summed E-state index contributed by atoms with van der Waals surface area (Å²) in [5, 5.41) is 0. The van der Waals surface area contributed by atoms with Crippen molar-refractivity contribution < 1.29 is 0 Å². The van der Waals surface area contributed by atoms with Crippen molar-refractivity contribution in [2.75, 3.05) is 6.54 Å². The minimum absolute atomic E-state index is 0.564. The first kappa shape index (κ1) is 12.6. The van der Waals surface area contributed by atoms with Crippen LogP contribution in [0.3, 0.4) is 0 Å². The van der Waals surface area contributed by atoms with Gasteiger partial charge in [0, 0.05) is 25.7 Å². The molecule has 0 aliphatic carbocycles. The van der Waals surface area contributed by atoms with E-state index in [0.717, 1.165) is 19.6 Å². The van der Waals surface area contributed by atoms with Gasteiger partial charge >= 0.3 is 0 Å². The van der Waals surface area contributed by atoms with Crippen molar-refractivity contribution in [1.29, 1.82) is 0 Å². The molecule has 1 unspecified atom stereocenters. The van der Waals surface area contributed by atoms with Crippen molar-refractivity contribution in [3.63, 3.8) is 0 Å². The molecule has 0 bridgehead atoms. The second-order valence-corrected chi connectivity index (χ2v) is 5.06. The minimum Gasteiger partial charge on any atom is -0.329 e. The maximum atomic E-state index is 5.93. The van der Waals surface area contributed by atoms with E-state index in [1.54, 1.807) is 0 Å². The van der Waals surface area contributed by atoms with Gasteiger partial charge in [-0.05, 0) is 17.5 Å². The number of hydrogen-bond acceptors (Lipinski definition) is 2. The van der Waals surface area contributed by atoms with E-state index >= 15 is 0 Å². The molecule has 2 rings (SSSR count). The van der Waals surface area contributed by atoms with Crippen molar-refractivity contribution in [2.45, 2.75) is 51.7 Å². The third kappa shape index (κ3) is 3.08. The average molecular weight is 232 g/mol. The molecule has 2 nitrogen and oxygen atoms in total. The molecule has 2 N–H and O–H groups in total. The van der Waals surface area contributed by atoms with Gasteiger partial charge in [-0.25, -0.2) is 0 Å². The zero-order valence-corrected chi connectivity index (χ0v) is 10.9. The predicted octanol–water partition coefficient (Wildman–Crippen LogP) is 2.91. The van der Waals surface area contributed by atoms with E-state index in [4.69, 9.17) is 5.73 Å². The Bertz CT molecular complexity index is 324. The Morgan fingerprint density at radius 1 is 1.18 bits per heavy atom. The van der Waals surface area contributed by atoms with Gasteiger partial charge in [0.25, 0.3) is 0 Å². The quantitative estimate of drug-likeness (QED) is 0.764. The second kappa shape index (κ2) is 6.18. The third-order valence-corrected chi connectivity index (χ3v) is 3.79. The van der Waals surface area contributed by atoms with Crippen molar-refractivity contribution in [1.82, 2.24) is 4.90 Å². The fourth-order valence-electron chi connectivity index (χ4n) is 2.70. The number of benzene rings is 1. The first-order valence-corrected chi connectivity index (χ1v) is 6.86. The molecule has 17 heavy (non-hydrogen) atoms. The molecule has 0 saturated heterocycles. The smallest absolute Gasteiger partial charge is 0.0244 e. The van der Waals surface area contributed by atoms with Gasteiger partial charge in [-0.3, -0.25) is 4.90 Å². The van der Waals surface area contributed by atoms with E-state index in [1.165, 1.54) is 36.8 Å². The number of nitrogens with two attached hydrogens (primary N) is 1. The van der Waals surface area contributed by atoms with E-state index < -0.39 is 0 Å². The largest absolute Gasteiger partial charge is 0.329 e. The lowest BCUT2D eigenvalue weighted by Crippen LogP contribution is -2.37. The molecule has 1 heterocycles. The van der Waals surface area contributed by atoms with Crippen LogP contribution in [0, 0.1) is 0 Å². The SMILES string of the molecule is CCCCCC(CN)N1Cc2ccccc2C1. The van der Waals surface area contributed by atoms with Crippen LogP contribution in [0.15, 0.2) is 24.3 Å². The Labute approximate surface area is 105 Å². The van der Waals surface area contributed by atoms with E-state index in [9.17, 15) is 0 Å². The molecular weight excluding hydrogens is 208 g/mol. The molecule has 2 heteroatoms. The molecule has 0 spiro atoms. The highest BCUT2D eigenvalue weighted by molar-refractivity contribution is 5.30. The molecule has 0 radical (unpaired) electrons. The fourth-order valence-corrected chi connectivity index (χ4v) is 2.70. The number of unbranched alkanes of at least 4 members (excludes halogenated alkanes) is 2. The van der Waals surface area contributed by atoms with Gasteiger partial charge in [0.15, 0.2) is 0 Å². The van der Waals surface area contributed by atoms with Crippen LogP contribution < -0.4 is 5.73 Å². The summed E-state index contributed by atoms with van der Waals surface area (Å²) < 4.78 is 0. The van der Waals surface area contributed by atoms with Crippen LogP contribution in [0.1, 0.15) is 43.7 Å². The van der Waals surface area contributed by atoms with Crippen LogP contribution in [0.25, 0.3) is 0 Å². The lowest BCUT2D eigenvalue weighted by atomic mass is 10.1. The summed E-state index contributed by atoms with van der Waals surface area (Å²) in [6, 6.07) is 9.33. The standard InChI is InChI=1S/C15H24N2/c1-2-3-4-9-15(10-16)17-11-13-7-5-6-8-14(13)12-17/h5-8,15H,2-4,9-12,16H2,1H3. The van der Waals surface area contributed by atoms with Gasteiger partial charge in [-0.1, -0.05) is 50.5 Å². The molecule has 1 aliphatic heterocycles. The predicted molar refractivity (Wildman–Crippen MR) is 72.7 cm³/mol. The summed E-state index contributed by atoms with van der Waals surface area (Å²) in [7, 11) is 0. The molecule has 0 aromatic heterocycles. The van der Waals surface area contributed by atoms with Gasteiger partial charge in [0.1, 0.15) is 0 Å². The third-order valence-electron chi connectivity index (χ3n) is 3.79. The zero-order valence-electron chi connectivity index (χ0n) is 10.9. The highest BCUT2D eigenvalue weighted by atomic mass is 15.2. The minimum atomic E-state index is 0.564. The molecule has 1 aliphatic rings. The van der Waals surface area contributed by atoms with E-state index in [-0.39, 0.29) is 0 Å². The zero-order chi connectivity index (χ0) is 12.1. The van der Waals surface area contributed by atoms with Crippen molar-refractivity contribution in [2.24, 2.45) is 5.73 Å². The molecule has 1 aromatic rings. The Morgan fingerprint density at radius 3 is 2.35 bits per heavy atom. The number of nitrogens with zero attached hydrogens (tertiary/aromatic N) is 1. The highest BCUT2D eigenvalue weighted by Crippen LogP contribution is 2.25. The van der Waals surface area contributed by atoms with Gasteiger partial charge in [0.2, 0.25) is 0 Å². The first-order chi connectivity index (χ1) is 8.35. The molecule has 1 aromatic carbocycles. The molecule has 1 atom stereocenters. The molecular formula is C15H24N2. The molecule has 0 saturated carbocycles. The number of hydrogen-bond donors (Lipinski definition) is 1. The summed E-state index contributed by atoms with van der Waals surface area (Å²) in [4.78, 5) is 2.54. The monoisotopic (exact) mass is 232 g/mol. The van der Waals surface area contributed by atoms with Gasteiger partial charge in [-0.15, -0.1) is 0 Å². The Kier molecular flexibility index (Phi) is 4.57. The summed E-state index contributed by atoms with van der Waals surface area (Å²) in [5.74, 6) is 0. The average Bonchev–Trinajstić information content (AvgIpc) is 2.78. The van der Waals surface area contributed by atoms with Gasteiger partial charge in [-0.2, -0.15) is 0 Å². The van der Waals surface area contributed by atoms with E-state index in [2.05, 4.69) is 36.1 Å². The maximum Gasteiger partial charge on any atom is 0.0244 e. The van der Waals surface area contributed by atoms with Crippen molar-refractivity contribution in [3.05, 3.63) is 35.4 Å².